The van der Waals surface area contributed by atoms with Crippen molar-refractivity contribution < 1.29 is 28.6 Å². The predicted molar refractivity (Wildman–Crippen MR) is 298 cm³/mol. The Balaban J connectivity index is 4.13. The molecule has 0 aromatic carbocycles. The molecule has 0 heterocycles. The summed E-state index contributed by atoms with van der Waals surface area (Å²) in [6.07, 6.45) is 69.1. The number of esters is 3. The van der Waals surface area contributed by atoms with Crippen LogP contribution in [0.1, 0.15) is 342 Å². The van der Waals surface area contributed by atoms with Gasteiger partial charge in [-0.15, -0.1) is 0 Å². The quantitative estimate of drug-likeness (QED) is 0.0261. The molecule has 406 valence electrons. The lowest BCUT2D eigenvalue weighted by Crippen LogP contribution is -2.30. The Kier molecular flexibility index (Phi) is 56.7. The van der Waals surface area contributed by atoms with Gasteiger partial charge in [-0.3, -0.25) is 14.4 Å². The van der Waals surface area contributed by atoms with E-state index in [1.165, 1.54) is 238 Å². The van der Waals surface area contributed by atoms with Crippen LogP contribution in [0.5, 0.6) is 0 Å². The fraction of sp³-hybridized carbons (Fsp3) is 0.889. The summed E-state index contributed by atoms with van der Waals surface area (Å²) in [5.74, 6) is -0.854. The van der Waals surface area contributed by atoms with E-state index in [-0.39, 0.29) is 31.1 Å². The van der Waals surface area contributed by atoms with E-state index in [9.17, 15) is 14.4 Å². The number of carbonyl (C=O) groups excluding carboxylic acids is 3. The summed E-state index contributed by atoms with van der Waals surface area (Å²) >= 11 is 0. The van der Waals surface area contributed by atoms with Gasteiger partial charge in [-0.05, 0) is 51.4 Å². The van der Waals surface area contributed by atoms with E-state index in [0.29, 0.717) is 19.3 Å². The van der Waals surface area contributed by atoms with E-state index >= 15 is 0 Å². The predicted octanol–water partition coefficient (Wildman–Crippen LogP) is 20.7. The highest BCUT2D eigenvalue weighted by molar-refractivity contribution is 5.71. The first-order valence-electron chi connectivity index (χ1n) is 30.8. The molecule has 0 aliphatic rings. The first-order chi connectivity index (χ1) is 34.0. The van der Waals surface area contributed by atoms with Gasteiger partial charge in [0.15, 0.2) is 6.10 Å². The van der Waals surface area contributed by atoms with Crippen LogP contribution >= 0.6 is 0 Å². The normalized spacial score (nSPS) is 12.1. The van der Waals surface area contributed by atoms with Gasteiger partial charge < -0.3 is 14.2 Å². The molecule has 0 N–H and O–H groups in total. The van der Waals surface area contributed by atoms with Crippen LogP contribution in [0.4, 0.5) is 0 Å². The van der Waals surface area contributed by atoms with E-state index in [1.807, 2.05) is 0 Å². The average molecular weight is 972 g/mol. The van der Waals surface area contributed by atoms with Gasteiger partial charge in [-0.25, -0.2) is 0 Å². The van der Waals surface area contributed by atoms with Crippen LogP contribution in [0.3, 0.4) is 0 Å². The smallest absolute Gasteiger partial charge is 0.306 e. The van der Waals surface area contributed by atoms with Crippen LogP contribution in [0, 0.1) is 0 Å². The molecule has 0 rings (SSSR count). The third kappa shape index (κ3) is 56.7. The molecule has 1 unspecified atom stereocenters. The molecular weight excluding hydrogens is 853 g/mol. The maximum Gasteiger partial charge on any atom is 0.306 e. The van der Waals surface area contributed by atoms with Crippen molar-refractivity contribution in [3.05, 3.63) is 24.3 Å². The monoisotopic (exact) mass is 971 g/mol. The van der Waals surface area contributed by atoms with E-state index < -0.39 is 6.10 Å². The zero-order chi connectivity index (χ0) is 50.0. The molecule has 0 spiro atoms. The molecule has 0 saturated heterocycles. The molecule has 0 radical (unpaired) electrons. The summed E-state index contributed by atoms with van der Waals surface area (Å²) in [4.78, 5) is 38.1. The highest BCUT2D eigenvalue weighted by atomic mass is 16.6. The Morgan fingerprint density at radius 2 is 0.522 bits per heavy atom. The number of allylic oxidation sites excluding steroid dienone is 4. The van der Waals surface area contributed by atoms with Gasteiger partial charge in [0.1, 0.15) is 13.2 Å². The van der Waals surface area contributed by atoms with Gasteiger partial charge in [-0.1, -0.05) is 295 Å². The standard InChI is InChI=1S/C63H118O6/c1-4-7-10-13-16-19-21-23-25-27-29-30-31-32-33-35-36-38-40-42-44-47-50-53-56-62(65)68-59-60(58-67-61(64)55-52-49-46-18-15-12-9-6-3)69-63(66)57-54-51-48-45-43-41-39-37-34-28-26-24-22-20-17-14-11-8-5-2/h17,20,24,26,60H,4-16,18-19,21-23,25,27-59H2,1-3H3/b20-17-,26-24-. The minimum Gasteiger partial charge on any atom is -0.462 e. The van der Waals surface area contributed by atoms with Gasteiger partial charge in [0.05, 0.1) is 0 Å². The lowest BCUT2D eigenvalue weighted by molar-refractivity contribution is -0.167. The van der Waals surface area contributed by atoms with Crippen LogP contribution in [0.2, 0.25) is 0 Å². The average Bonchev–Trinajstić information content (AvgIpc) is 3.35. The fourth-order valence-electron chi connectivity index (χ4n) is 9.30. The number of carbonyl (C=O) groups is 3. The second kappa shape index (κ2) is 58.5. The van der Waals surface area contributed by atoms with Crippen LogP contribution in [0.25, 0.3) is 0 Å². The van der Waals surface area contributed by atoms with Crippen molar-refractivity contribution in [1.29, 1.82) is 0 Å². The van der Waals surface area contributed by atoms with Gasteiger partial charge in [-0.2, -0.15) is 0 Å². The summed E-state index contributed by atoms with van der Waals surface area (Å²) in [7, 11) is 0. The minimum atomic E-state index is -0.768. The minimum absolute atomic E-state index is 0.0676. The molecule has 0 saturated carbocycles. The molecule has 0 fully saturated rings. The Bertz CT molecular complexity index is 1110. The first-order valence-corrected chi connectivity index (χ1v) is 30.8. The van der Waals surface area contributed by atoms with E-state index in [4.69, 9.17) is 14.2 Å². The summed E-state index contributed by atoms with van der Waals surface area (Å²) in [6, 6.07) is 0. The second-order valence-corrected chi connectivity index (χ2v) is 21.0. The fourth-order valence-corrected chi connectivity index (χ4v) is 9.30. The highest BCUT2D eigenvalue weighted by Crippen LogP contribution is 2.18. The highest BCUT2D eigenvalue weighted by Gasteiger charge is 2.19. The topological polar surface area (TPSA) is 78.9 Å². The summed E-state index contributed by atoms with van der Waals surface area (Å²) in [5.41, 5.74) is 0. The Morgan fingerprint density at radius 1 is 0.290 bits per heavy atom. The van der Waals surface area contributed by atoms with Gasteiger partial charge in [0.2, 0.25) is 0 Å². The molecule has 69 heavy (non-hydrogen) atoms. The van der Waals surface area contributed by atoms with Crippen molar-refractivity contribution in [2.24, 2.45) is 0 Å². The van der Waals surface area contributed by atoms with Crippen molar-refractivity contribution in [3.63, 3.8) is 0 Å². The SMILES string of the molecule is CCCCC/C=C\C/C=C\CCCCCCCCCCCC(=O)OC(COC(=O)CCCCCCCCCC)COC(=O)CCCCCCCCCCCCCCCCCCCCCCCCCC. The summed E-state index contributed by atoms with van der Waals surface area (Å²) < 4.78 is 16.9. The van der Waals surface area contributed by atoms with Crippen LogP contribution in [-0.2, 0) is 28.6 Å². The van der Waals surface area contributed by atoms with Crippen molar-refractivity contribution >= 4 is 17.9 Å². The van der Waals surface area contributed by atoms with Crippen LogP contribution in [-0.4, -0.2) is 37.2 Å². The van der Waals surface area contributed by atoms with Crippen molar-refractivity contribution in [2.45, 2.75) is 348 Å². The zero-order valence-electron chi connectivity index (χ0n) is 46.6. The van der Waals surface area contributed by atoms with E-state index in [2.05, 4.69) is 45.1 Å². The summed E-state index contributed by atoms with van der Waals surface area (Å²) in [5, 5.41) is 0. The molecule has 0 aromatic heterocycles. The van der Waals surface area contributed by atoms with E-state index in [1.54, 1.807) is 0 Å². The van der Waals surface area contributed by atoms with Crippen molar-refractivity contribution in [3.8, 4) is 0 Å². The third-order valence-corrected chi connectivity index (χ3v) is 14.0. The van der Waals surface area contributed by atoms with Crippen LogP contribution < -0.4 is 0 Å². The van der Waals surface area contributed by atoms with Gasteiger partial charge >= 0.3 is 17.9 Å². The first kappa shape index (κ1) is 66.9. The number of rotatable bonds is 57. The Labute approximate surface area is 430 Å². The molecule has 0 aromatic rings. The molecule has 0 bridgehead atoms. The summed E-state index contributed by atoms with van der Waals surface area (Å²) in [6.45, 7) is 6.64. The third-order valence-electron chi connectivity index (χ3n) is 14.0. The number of unbranched alkanes of at least 4 members (excludes halogenated alkanes) is 42. The molecule has 0 aliphatic carbocycles. The Hall–Kier alpha value is -2.11. The molecule has 0 aliphatic heterocycles. The number of hydrogen-bond donors (Lipinski definition) is 0. The maximum absolute atomic E-state index is 12.8. The molecule has 6 heteroatoms. The maximum atomic E-state index is 12.8. The van der Waals surface area contributed by atoms with Crippen molar-refractivity contribution in [2.75, 3.05) is 13.2 Å². The Morgan fingerprint density at radius 3 is 0.826 bits per heavy atom. The molecular formula is C63H118O6. The van der Waals surface area contributed by atoms with Gasteiger partial charge in [0.25, 0.3) is 0 Å². The zero-order valence-corrected chi connectivity index (χ0v) is 46.6. The van der Waals surface area contributed by atoms with E-state index in [0.717, 1.165) is 64.2 Å². The lowest BCUT2D eigenvalue weighted by Gasteiger charge is -2.18. The van der Waals surface area contributed by atoms with Crippen LogP contribution in [0.15, 0.2) is 24.3 Å². The number of hydrogen-bond acceptors (Lipinski definition) is 6. The van der Waals surface area contributed by atoms with Gasteiger partial charge in [0, 0.05) is 19.3 Å². The van der Waals surface area contributed by atoms with Crippen molar-refractivity contribution in [1.82, 2.24) is 0 Å². The molecule has 1 atom stereocenters. The largest absolute Gasteiger partial charge is 0.462 e. The number of ether oxygens (including phenoxy) is 3. The lowest BCUT2D eigenvalue weighted by atomic mass is 10.0. The molecule has 0 amide bonds. The molecule has 6 nitrogen and oxygen atoms in total. The second-order valence-electron chi connectivity index (χ2n) is 21.0.